The Hall–Kier alpha value is 0.660. The Morgan fingerprint density at radius 1 is 1.00 bits per heavy atom. The van der Waals surface area contributed by atoms with Gasteiger partial charge in [-0.2, -0.15) is 9.34 Å². The maximum absolute atomic E-state index is 14.0. The van der Waals surface area contributed by atoms with Gasteiger partial charge >= 0.3 is 0 Å². The molecule has 20 heavy (non-hydrogen) atoms. The summed E-state index contributed by atoms with van der Waals surface area (Å²) >= 11 is 0. The minimum absolute atomic E-state index is 0.221. The summed E-state index contributed by atoms with van der Waals surface area (Å²) in [6.45, 7) is 8.91. The van der Waals surface area contributed by atoms with E-state index in [0.29, 0.717) is 24.2 Å². The second kappa shape index (κ2) is 6.42. The van der Waals surface area contributed by atoms with Crippen molar-refractivity contribution in [3.63, 3.8) is 0 Å². The van der Waals surface area contributed by atoms with Gasteiger partial charge in [-0.15, -0.1) is 0 Å². The standard InChI is InChI=1S/C15H32N2OPS/c1-12(2)16-14-9-7-8-10-15(14)17(13(3)4)19(16,18)11-20(5)6/h12-15H,7-11H2,1-6H3/q+1/t14-,15-/m1/s1. The number of hydrogen-bond donors (Lipinski definition) is 0. The Balaban J connectivity index is 2.40. The predicted molar refractivity (Wildman–Crippen MR) is 91.0 cm³/mol. The topological polar surface area (TPSA) is 29.5 Å². The highest BCUT2D eigenvalue weighted by molar-refractivity contribution is 8.02. The Morgan fingerprint density at radius 3 is 1.70 bits per heavy atom. The zero-order chi connectivity index (χ0) is 15.1. The molecule has 0 bridgehead atoms. The number of nitrogens with zero attached hydrogens (tertiary/aromatic N) is 2. The first-order chi connectivity index (χ1) is 9.29. The monoisotopic (exact) mass is 319 g/mol. The summed E-state index contributed by atoms with van der Waals surface area (Å²) in [7, 11) is -2.16. The van der Waals surface area contributed by atoms with Crippen LogP contribution in [0.2, 0.25) is 0 Å². The highest BCUT2D eigenvalue weighted by atomic mass is 32.2. The Kier molecular flexibility index (Phi) is 5.46. The molecule has 2 aliphatic rings. The van der Waals surface area contributed by atoms with Crippen molar-refractivity contribution < 1.29 is 4.89 Å². The van der Waals surface area contributed by atoms with Crippen molar-refractivity contribution >= 4 is 18.7 Å². The molecule has 5 heteroatoms. The summed E-state index contributed by atoms with van der Waals surface area (Å²) in [5.41, 5.74) is 0.871. The Bertz CT molecular complexity index is 314. The Morgan fingerprint density at radius 2 is 1.40 bits per heavy atom. The molecule has 0 aromatic heterocycles. The van der Waals surface area contributed by atoms with Crippen molar-refractivity contribution in [3.05, 3.63) is 0 Å². The van der Waals surface area contributed by atoms with E-state index in [4.69, 9.17) is 0 Å². The summed E-state index contributed by atoms with van der Waals surface area (Å²) in [6, 6.07) is 1.83. The fourth-order valence-corrected chi connectivity index (χ4v) is 11.2. The summed E-state index contributed by atoms with van der Waals surface area (Å²) in [5, 5.41) is 0. The largest absolute Gasteiger partial charge is 0.647 e. The van der Waals surface area contributed by atoms with Gasteiger partial charge in [-0.25, -0.2) is 0 Å². The molecule has 1 saturated carbocycles. The molecule has 0 unspecified atom stereocenters. The molecule has 1 heterocycles. The molecule has 2 rings (SSSR count). The minimum atomic E-state index is -2.39. The molecule has 2 fully saturated rings. The minimum Gasteiger partial charge on any atom is -0.647 e. The maximum atomic E-state index is 14.0. The molecule has 0 spiro atoms. The molecule has 0 radical (unpaired) electrons. The summed E-state index contributed by atoms with van der Waals surface area (Å²) < 4.78 is 4.87. The maximum Gasteiger partial charge on any atom is 0.234 e. The van der Waals surface area contributed by atoms with E-state index in [1.54, 1.807) is 0 Å². The third-order valence-electron chi connectivity index (χ3n) is 4.58. The van der Waals surface area contributed by atoms with Gasteiger partial charge in [0.25, 0.3) is 0 Å². The van der Waals surface area contributed by atoms with Gasteiger partial charge in [-0.1, -0.05) is 12.8 Å². The molecule has 0 N–H and O–H groups in total. The fourth-order valence-electron chi connectivity index (χ4n) is 4.25. The molecule has 0 aromatic rings. The molecular formula is C15H32N2OPS+. The van der Waals surface area contributed by atoms with Crippen LogP contribution >= 0.6 is 7.79 Å². The van der Waals surface area contributed by atoms with E-state index in [1.807, 2.05) is 0 Å². The Labute approximate surface area is 129 Å². The van der Waals surface area contributed by atoms with E-state index in [9.17, 15) is 4.89 Å². The smallest absolute Gasteiger partial charge is 0.234 e. The van der Waals surface area contributed by atoms with Crippen molar-refractivity contribution in [2.45, 2.75) is 77.5 Å². The molecule has 0 aromatic carbocycles. The lowest BCUT2D eigenvalue weighted by Crippen LogP contribution is -2.43. The molecule has 1 aliphatic heterocycles. The third-order valence-corrected chi connectivity index (χ3v) is 11.0. The van der Waals surface area contributed by atoms with Crippen LogP contribution in [0.1, 0.15) is 53.4 Å². The molecule has 3 nitrogen and oxygen atoms in total. The average molecular weight is 319 g/mol. The van der Waals surface area contributed by atoms with Crippen molar-refractivity contribution in [2.75, 3.05) is 18.0 Å². The average Bonchev–Trinajstić information content (AvgIpc) is 2.54. The van der Waals surface area contributed by atoms with Crippen LogP contribution in [0.25, 0.3) is 0 Å². The van der Waals surface area contributed by atoms with Crippen LogP contribution in [-0.2, 0) is 10.9 Å². The van der Waals surface area contributed by atoms with Crippen LogP contribution in [0.4, 0.5) is 0 Å². The van der Waals surface area contributed by atoms with Crippen LogP contribution < -0.4 is 4.89 Å². The molecule has 118 valence electrons. The molecule has 1 saturated heterocycles. The number of fused-ring (bicyclic) bond motifs is 1. The summed E-state index contributed by atoms with van der Waals surface area (Å²) in [4.78, 5) is 14.0. The van der Waals surface area contributed by atoms with E-state index < -0.39 is 7.79 Å². The third kappa shape index (κ3) is 2.92. The van der Waals surface area contributed by atoms with E-state index in [0.717, 1.165) is 5.49 Å². The quantitative estimate of drug-likeness (QED) is 0.589. The SMILES string of the molecule is CC(C)N1[C@@H]2CCCC[C@H]2N(C(C)C)[P+]1([O-])C[S+](C)C. The van der Waals surface area contributed by atoms with Crippen molar-refractivity contribution in [2.24, 2.45) is 0 Å². The summed E-state index contributed by atoms with van der Waals surface area (Å²) in [6.07, 6.45) is 9.55. The van der Waals surface area contributed by atoms with Crippen LogP contribution in [0.15, 0.2) is 0 Å². The van der Waals surface area contributed by atoms with Gasteiger partial charge in [0, 0.05) is 23.0 Å². The van der Waals surface area contributed by atoms with Gasteiger partial charge in [0.05, 0.1) is 12.1 Å². The highest BCUT2D eigenvalue weighted by Crippen LogP contribution is 2.68. The van der Waals surface area contributed by atoms with Gasteiger partial charge in [-0.3, -0.25) is 0 Å². The normalized spacial score (nSPS) is 31.5. The van der Waals surface area contributed by atoms with Gasteiger partial charge in [0.2, 0.25) is 5.49 Å². The van der Waals surface area contributed by atoms with E-state index in [-0.39, 0.29) is 10.9 Å². The highest BCUT2D eigenvalue weighted by Gasteiger charge is 2.62. The van der Waals surface area contributed by atoms with Gasteiger partial charge in [0.1, 0.15) is 12.5 Å². The molecule has 0 amide bonds. The lowest BCUT2D eigenvalue weighted by atomic mass is 9.89. The first kappa shape index (κ1) is 17.0. The van der Waals surface area contributed by atoms with E-state index in [1.165, 1.54) is 25.7 Å². The van der Waals surface area contributed by atoms with Gasteiger partial charge in [-0.05, 0) is 40.5 Å². The van der Waals surface area contributed by atoms with Crippen molar-refractivity contribution in [3.8, 4) is 0 Å². The van der Waals surface area contributed by atoms with E-state index >= 15 is 0 Å². The number of hydrogen-bond acceptors (Lipinski definition) is 3. The van der Waals surface area contributed by atoms with E-state index in [2.05, 4.69) is 49.5 Å². The zero-order valence-electron chi connectivity index (χ0n) is 14.0. The lowest BCUT2D eigenvalue weighted by Gasteiger charge is -2.42. The second-order valence-electron chi connectivity index (χ2n) is 7.15. The summed E-state index contributed by atoms with van der Waals surface area (Å²) in [5.74, 6) is 0. The van der Waals surface area contributed by atoms with Crippen molar-refractivity contribution in [1.82, 2.24) is 9.34 Å². The first-order valence-electron chi connectivity index (χ1n) is 8.00. The van der Waals surface area contributed by atoms with Crippen LogP contribution in [0, 0.1) is 0 Å². The second-order valence-corrected chi connectivity index (χ2v) is 12.4. The van der Waals surface area contributed by atoms with Gasteiger partial charge < -0.3 is 4.89 Å². The predicted octanol–water partition coefficient (Wildman–Crippen LogP) is 2.69. The van der Waals surface area contributed by atoms with Crippen LogP contribution in [0.3, 0.4) is 0 Å². The van der Waals surface area contributed by atoms with Crippen molar-refractivity contribution in [1.29, 1.82) is 0 Å². The molecule has 1 aliphatic carbocycles. The number of rotatable bonds is 4. The van der Waals surface area contributed by atoms with Gasteiger partial charge in [0.15, 0.2) is 7.79 Å². The fraction of sp³-hybridized carbons (Fsp3) is 1.00. The molecular weight excluding hydrogens is 287 g/mol. The van der Waals surface area contributed by atoms with Crippen LogP contribution in [-0.4, -0.2) is 51.5 Å². The zero-order valence-corrected chi connectivity index (χ0v) is 15.7. The first-order valence-corrected chi connectivity index (χ1v) is 12.0. The molecule has 2 atom stereocenters. The van der Waals surface area contributed by atoms with Crippen LogP contribution in [0.5, 0.6) is 0 Å². The lowest BCUT2D eigenvalue weighted by molar-refractivity contribution is -0.192.